The molecule has 9 nitrogen and oxygen atoms in total. The van der Waals surface area contributed by atoms with E-state index in [-0.39, 0.29) is 45.0 Å². The summed E-state index contributed by atoms with van der Waals surface area (Å²) in [7, 11) is 0. The lowest BCUT2D eigenvalue weighted by Gasteiger charge is -2.70. The smallest absolute Gasteiger partial charge is 0.335 e. The first-order valence-electron chi connectivity index (χ1n) is 16.9. The van der Waals surface area contributed by atoms with E-state index in [1.54, 1.807) is 0 Å². The molecule has 0 radical (unpaired) electrons. The first-order valence-corrected chi connectivity index (χ1v) is 16.9. The Kier molecular flexibility index (Phi) is 6.57. The molecule has 15 atom stereocenters. The van der Waals surface area contributed by atoms with Crippen molar-refractivity contribution in [2.24, 2.45) is 56.2 Å². The van der Waals surface area contributed by atoms with Gasteiger partial charge in [0.25, 0.3) is 0 Å². The Morgan fingerprint density at radius 1 is 0.841 bits per heavy atom. The number of aliphatic hydroxyl groups is 3. The van der Waals surface area contributed by atoms with Crippen LogP contribution in [0.25, 0.3) is 0 Å². The highest BCUT2D eigenvalue weighted by Crippen LogP contribution is 2.82. The van der Waals surface area contributed by atoms with E-state index in [9.17, 15) is 35.1 Å². The van der Waals surface area contributed by atoms with Crippen molar-refractivity contribution in [3.05, 3.63) is 11.6 Å². The Labute approximate surface area is 260 Å². The van der Waals surface area contributed by atoms with Gasteiger partial charge in [0, 0.05) is 0 Å². The standard InChI is InChI=1S/C35H52O9/c1-30(2)19-9-12-33(5)20(8-7-17-18-15-31(3)13-14-35(18,29(41)42)21(31)16-34(17,33)6)32(19,4)11-10-22(30)43-28-25(38)23(36)24(37)26(44-28)27(39)40/h7,18-26,28,36-38H,8-16H2,1-6H3,(H,39,40)(H,41,42)/t18-,19-,20+,21-,22-,23-,24-,25+,26-,28+,31+,32-,33+,34+,35+/m0/s1. The van der Waals surface area contributed by atoms with E-state index in [0.717, 1.165) is 51.4 Å². The summed E-state index contributed by atoms with van der Waals surface area (Å²) in [5, 5.41) is 51.4. The molecule has 9 heteroatoms. The molecule has 4 bridgehead atoms. The lowest BCUT2D eigenvalue weighted by molar-refractivity contribution is -0.324. The van der Waals surface area contributed by atoms with Gasteiger partial charge in [-0.05, 0) is 109 Å². The van der Waals surface area contributed by atoms with Gasteiger partial charge in [0.05, 0.1) is 11.5 Å². The zero-order chi connectivity index (χ0) is 32.0. The van der Waals surface area contributed by atoms with Gasteiger partial charge in [-0.2, -0.15) is 0 Å². The topological polar surface area (TPSA) is 154 Å². The van der Waals surface area contributed by atoms with Gasteiger partial charge in [-0.3, -0.25) is 4.79 Å². The molecular formula is C35H52O9. The van der Waals surface area contributed by atoms with Crippen molar-refractivity contribution in [2.75, 3.05) is 0 Å². The maximum absolute atomic E-state index is 12.9. The number of carboxylic acids is 2. The fourth-order valence-corrected chi connectivity index (χ4v) is 13.4. The van der Waals surface area contributed by atoms with Crippen molar-refractivity contribution in [1.82, 2.24) is 0 Å². The van der Waals surface area contributed by atoms with Crippen LogP contribution in [0.3, 0.4) is 0 Å². The van der Waals surface area contributed by atoms with Crippen molar-refractivity contribution in [3.8, 4) is 0 Å². The van der Waals surface area contributed by atoms with Gasteiger partial charge in [0.1, 0.15) is 18.3 Å². The Hall–Kier alpha value is -1.52. The minimum absolute atomic E-state index is 0.0105. The lowest BCUT2D eigenvalue weighted by Crippen LogP contribution is -2.66. The van der Waals surface area contributed by atoms with Crippen LogP contribution < -0.4 is 0 Å². The normalized spacial score (nSPS) is 57.1. The van der Waals surface area contributed by atoms with Crippen LogP contribution in [-0.4, -0.2) is 74.3 Å². The quantitative estimate of drug-likeness (QED) is 0.229. The molecule has 246 valence electrons. The predicted octanol–water partition coefficient (Wildman–Crippen LogP) is 4.37. The molecular weight excluding hydrogens is 564 g/mol. The van der Waals surface area contributed by atoms with Crippen molar-refractivity contribution in [1.29, 1.82) is 0 Å². The van der Waals surface area contributed by atoms with E-state index >= 15 is 0 Å². The van der Waals surface area contributed by atoms with Gasteiger partial charge < -0.3 is 35.0 Å². The molecule has 1 saturated heterocycles. The number of carbonyl (C=O) groups is 2. The van der Waals surface area contributed by atoms with Gasteiger partial charge in [-0.1, -0.05) is 53.2 Å². The summed E-state index contributed by atoms with van der Waals surface area (Å²) in [6, 6.07) is 0. The van der Waals surface area contributed by atoms with Gasteiger partial charge in [0.2, 0.25) is 0 Å². The number of carboxylic acid groups (broad SMARTS) is 2. The summed E-state index contributed by atoms with van der Waals surface area (Å²) in [6.07, 6.45) is 2.52. The lowest BCUT2D eigenvalue weighted by atomic mass is 9.34. The van der Waals surface area contributed by atoms with Crippen molar-refractivity contribution >= 4 is 11.9 Å². The molecule has 7 rings (SSSR count). The SMILES string of the molecule is CC1(C)[C@@H](O[C@@H]2O[C@H](C(=O)O)[C@@H](O)[C@H](O)[C@H]2O)CC[C@]2(C)[C@H]3CC=C4[C@@H]5C[C@@]6(C)CC[C@]5(C(=O)O)[C@H]6C[C@@]4(C)[C@]3(C)CC[C@@H]12. The molecule has 5 saturated carbocycles. The summed E-state index contributed by atoms with van der Waals surface area (Å²) >= 11 is 0. The molecule has 44 heavy (non-hydrogen) atoms. The zero-order valence-corrected chi connectivity index (χ0v) is 27.1. The van der Waals surface area contributed by atoms with Crippen LogP contribution in [0.4, 0.5) is 0 Å². The fraction of sp³-hybridized carbons (Fsp3) is 0.886. The van der Waals surface area contributed by atoms with Crippen LogP contribution in [0.2, 0.25) is 0 Å². The molecule has 5 N–H and O–H groups in total. The minimum atomic E-state index is -1.75. The Morgan fingerprint density at radius 2 is 1.55 bits per heavy atom. The van der Waals surface area contributed by atoms with E-state index in [0.29, 0.717) is 18.3 Å². The first kappa shape index (κ1) is 31.1. The minimum Gasteiger partial charge on any atom is -0.481 e. The Balaban J connectivity index is 1.18. The van der Waals surface area contributed by atoms with E-state index in [1.165, 1.54) is 5.57 Å². The number of aliphatic carboxylic acids is 2. The fourth-order valence-electron chi connectivity index (χ4n) is 13.4. The number of aliphatic hydroxyl groups excluding tert-OH is 3. The predicted molar refractivity (Wildman–Crippen MR) is 159 cm³/mol. The van der Waals surface area contributed by atoms with E-state index in [4.69, 9.17) is 9.47 Å². The molecule has 1 heterocycles. The van der Waals surface area contributed by atoms with Crippen LogP contribution in [0.15, 0.2) is 11.6 Å². The maximum atomic E-state index is 12.9. The largest absolute Gasteiger partial charge is 0.481 e. The summed E-state index contributed by atoms with van der Waals surface area (Å²) in [4.78, 5) is 24.6. The van der Waals surface area contributed by atoms with Gasteiger partial charge >= 0.3 is 11.9 Å². The van der Waals surface area contributed by atoms with Crippen LogP contribution in [0, 0.1) is 56.2 Å². The molecule has 1 aliphatic heterocycles. The van der Waals surface area contributed by atoms with Crippen molar-refractivity contribution in [2.45, 2.75) is 136 Å². The second-order valence-electron chi connectivity index (χ2n) is 17.5. The molecule has 6 fully saturated rings. The highest BCUT2D eigenvalue weighted by molar-refractivity contribution is 5.79. The second kappa shape index (κ2) is 9.30. The molecule has 0 spiro atoms. The number of ether oxygens (including phenoxy) is 2. The number of fused-ring (bicyclic) bond motifs is 6. The molecule has 0 aromatic carbocycles. The number of hydrogen-bond donors (Lipinski definition) is 5. The third kappa shape index (κ3) is 3.54. The molecule has 0 aromatic heterocycles. The third-order valence-electron chi connectivity index (χ3n) is 15.8. The average Bonchev–Trinajstić information content (AvgIpc) is 3.32. The number of rotatable bonds is 4. The summed E-state index contributed by atoms with van der Waals surface area (Å²) in [6.45, 7) is 14.2. The summed E-state index contributed by atoms with van der Waals surface area (Å²) < 4.78 is 11.9. The molecule has 0 unspecified atom stereocenters. The summed E-state index contributed by atoms with van der Waals surface area (Å²) in [5.41, 5.74) is 0.625. The maximum Gasteiger partial charge on any atom is 0.335 e. The van der Waals surface area contributed by atoms with Gasteiger partial charge in [0.15, 0.2) is 12.4 Å². The van der Waals surface area contributed by atoms with Gasteiger partial charge in [-0.25, -0.2) is 4.79 Å². The van der Waals surface area contributed by atoms with Crippen LogP contribution >= 0.6 is 0 Å². The van der Waals surface area contributed by atoms with Crippen LogP contribution in [0.1, 0.15) is 99.3 Å². The monoisotopic (exact) mass is 616 g/mol. The second-order valence-corrected chi connectivity index (χ2v) is 17.5. The van der Waals surface area contributed by atoms with Crippen LogP contribution in [0.5, 0.6) is 0 Å². The third-order valence-corrected chi connectivity index (χ3v) is 15.8. The van der Waals surface area contributed by atoms with Crippen molar-refractivity contribution in [3.63, 3.8) is 0 Å². The van der Waals surface area contributed by atoms with Gasteiger partial charge in [-0.15, -0.1) is 0 Å². The molecule has 0 amide bonds. The van der Waals surface area contributed by atoms with E-state index in [2.05, 4.69) is 47.6 Å². The highest BCUT2D eigenvalue weighted by Gasteiger charge is 2.77. The Morgan fingerprint density at radius 3 is 2.20 bits per heavy atom. The first-order chi connectivity index (χ1) is 20.4. The number of allylic oxidation sites excluding steroid dienone is 2. The highest BCUT2D eigenvalue weighted by atomic mass is 16.7. The molecule has 7 aliphatic rings. The molecule has 6 aliphatic carbocycles. The average molecular weight is 617 g/mol. The number of hydrogen-bond acceptors (Lipinski definition) is 7. The molecule has 0 aromatic rings. The zero-order valence-electron chi connectivity index (χ0n) is 27.1. The van der Waals surface area contributed by atoms with Crippen molar-refractivity contribution < 1.29 is 44.6 Å². The van der Waals surface area contributed by atoms with E-state index in [1.807, 2.05) is 0 Å². The van der Waals surface area contributed by atoms with E-state index < -0.39 is 48.1 Å². The summed E-state index contributed by atoms with van der Waals surface area (Å²) in [5.74, 6) is -0.913. The Bertz CT molecular complexity index is 1290. The van der Waals surface area contributed by atoms with Crippen LogP contribution in [-0.2, 0) is 19.1 Å².